The normalized spacial score (nSPS) is 11.1. The van der Waals surface area contributed by atoms with E-state index in [-0.39, 0.29) is 40.1 Å². The number of anilines is 1. The van der Waals surface area contributed by atoms with E-state index in [9.17, 15) is 8.42 Å². The molecule has 2 rings (SSSR count). The minimum atomic E-state index is -4.29. The molecule has 0 bridgehead atoms. The fraction of sp³-hybridized carbons (Fsp3) is 0. The molecule has 2 aromatic carbocycles. The summed E-state index contributed by atoms with van der Waals surface area (Å²) in [5.74, 6) is 0. The van der Waals surface area contributed by atoms with Gasteiger partial charge in [-0.3, -0.25) is 4.55 Å². The Morgan fingerprint density at radius 1 is 1.06 bits per heavy atom. The summed E-state index contributed by atoms with van der Waals surface area (Å²) >= 11 is 0. The molecule has 0 aromatic heterocycles. The van der Waals surface area contributed by atoms with Gasteiger partial charge in [0.15, 0.2) is 0 Å². The van der Waals surface area contributed by atoms with Gasteiger partial charge in [0.25, 0.3) is 10.1 Å². The Morgan fingerprint density at radius 2 is 1.69 bits per heavy atom. The second-order valence-electron chi connectivity index (χ2n) is 3.18. The van der Waals surface area contributed by atoms with Gasteiger partial charge in [0.2, 0.25) is 0 Å². The van der Waals surface area contributed by atoms with Crippen molar-refractivity contribution in [3.63, 3.8) is 0 Å². The molecule has 80 valence electrons. The van der Waals surface area contributed by atoms with Crippen molar-refractivity contribution in [3.05, 3.63) is 36.4 Å². The number of fused-ring (bicyclic) bond motifs is 1. The molecule has 0 unspecified atom stereocenters. The summed E-state index contributed by atoms with van der Waals surface area (Å²) in [7, 11) is -4.29. The van der Waals surface area contributed by atoms with Crippen LogP contribution in [0.1, 0.15) is 0 Å². The van der Waals surface area contributed by atoms with E-state index < -0.39 is 10.1 Å². The van der Waals surface area contributed by atoms with Crippen LogP contribution < -0.4 is 5.73 Å². The Kier molecular flexibility index (Phi) is 3.98. The van der Waals surface area contributed by atoms with Crippen LogP contribution in [0.5, 0.6) is 0 Å². The molecule has 0 aliphatic carbocycles. The van der Waals surface area contributed by atoms with E-state index in [1.54, 1.807) is 30.3 Å². The second kappa shape index (κ2) is 4.73. The average Bonchev–Trinajstić information content (AvgIpc) is 2.15. The van der Waals surface area contributed by atoms with Gasteiger partial charge in [-0.1, -0.05) is 30.3 Å². The first-order valence-electron chi connectivity index (χ1n) is 4.25. The van der Waals surface area contributed by atoms with E-state index in [1.807, 2.05) is 0 Å². The Hall–Kier alpha value is -0.590. The third kappa shape index (κ3) is 2.39. The Labute approximate surface area is 115 Å². The molecule has 0 heterocycles. The van der Waals surface area contributed by atoms with Crippen LogP contribution in [0.15, 0.2) is 41.3 Å². The summed E-state index contributed by atoms with van der Waals surface area (Å²) < 4.78 is 31.3. The summed E-state index contributed by atoms with van der Waals surface area (Å²) in [4.78, 5) is -0.222. The Bertz CT molecular complexity index is 625. The van der Waals surface area contributed by atoms with Crippen LogP contribution in [0.2, 0.25) is 0 Å². The molecule has 0 saturated heterocycles. The fourth-order valence-corrected chi connectivity index (χ4v) is 2.38. The standard InChI is InChI=1S/C10H9NO3S.Na.H/c11-9-6-5-7-3-1-2-4-8(7)10(9)15(12,13)14;;/h1-6H,11H2,(H,12,13,14);;. The molecule has 0 atom stereocenters. The van der Waals surface area contributed by atoms with Gasteiger partial charge in [-0.05, 0) is 11.5 Å². The first-order valence-corrected chi connectivity index (χ1v) is 5.69. The topological polar surface area (TPSA) is 80.4 Å². The predicted octanol–water partition coefficient (Wildman–Crippen LogP) is 1.02. The van der Waals surface area contributed by atoms with Gasteiger partial charge in [0.1, 0.15) is 4.90 Å². The summed E-state index contributed by atoms with van der Waals surface area (Å²) in [5.41, 5.74) is 5.59. The molecule has 0 radical (unpaired) electrons. The molecule has 4 nitrogen and oxygen atoms in total. The molecule has 16 heavy (non-hydrogen) atoms. The third-order valence-corrected chi connectivity index (χ3v) is 3.14. The van der Waals surface area contributed by atoms with E-state index >= 15 is 0 Å². The summed E-state index contributed by atoms with van der Waals surface area (Å²) in [5, 5.41) is 1.15. The van der Waals surface area contributed by atoms with Gasteiger partial charge in [0.05, 0.1) is 5.69 Å². The molecule has 0 amide bonds. The molecule has 0 fully saturated rings. The molecule has 0 aliphatic heterocycles. The fourth-order valence-electron chi connectivity index (χ4n) is 1.55. The number of hydrogen-bond donors (Lipinski definition) is 2. The number of hydrogen-bond acceptors (Lipinski definition) is 3. The van der Waals surface area contributed by atoms with E-state index in [1.165, 1.54) is 6.07 Å². The van der Waals surface area contributed by atoms with Crippen molar-refractivity contribution in [1.29, 1.82) is 0 Å². The van der Waals surface area contributed by atoms with Crippen LogP contribution in [-0.4, -0.2) is 42.5 Å². The number of nitrogen functional groups attached to an aromatic ring is 1. The van der Waals surface area contributed by atoms with Gasteiger partial charge < -0.3 is 5.73 Å². The second-order valence-corrected chi connectivity index (χ2v) is 4.54. The Balaban J connectivity index is 0.00000128. The number of rotatable bonds is 1. The van der Waals surface area contributed by atoms with Crippen molar-refractivity contribution in [1.82, 2.24) is 0 Å². The number of nitrogens with two attached hydrogens (primary N) is 1. The quantitative estimate of drug-likeness (QED) is 0.448. The van der Waals surface area contributed by atoms with Crippen molar-refractivity contribution in [2.45, 2.75) is 4.90 Å². The zero-order valence-electron chi connectivity index (χ0n) is 7.71. The van der Waals surface area contributed by atoms with Crippen LogP contribution in [0.25, 0.3) is 10.8 Å². The first-order chi connectivity index (χ1) is 7.00. The van der Waals surface area contributed by atoms with Gasteiger partial charge in [0, 0.05) is 5.39 Å². The third-order valence-electron chi connectivity index (χ3n) is 2.17. The van der Waals surface area contributed by atoms with E-state index in [2.05, 4.69) is 0 Å². The zero-order valence-corrected chi connectivity index (χ0v) is 8.53. The molecule has 0 saturated carbocycles. The molecule has 2 aromatic rings. The van der Waals surface area contributed by atoms with Crippen LogP contribution in [0.4, 0.5) is 5.69 Å². The predicted molar refractivity (Wildman–Crippen MR) is 65.3 cm³/mol. The van der Waals surface area contributed by atoms with Crippen molar-refractivity contribution in [2.24, 2.45) is 0 Å². The minimum absolute atomic E-state index is 0. The summed E-state index contributed by atoms with van der Waals surface area (Å²) in [6.07, 6.45) is 0. The van der Waals surface area contributed by atoms with Crippen LogP contribution >= 0.6 is 0 Å². The monoisotopic (exact) mass is 247 g/mol. The van der Waals surface area contributed by atoms with E-state index in [4.69, 9.17) is 10.3 Å². The van der Waals surface area contributed by atoms with Crippen molar-refractivity contribution in [3.8, 4) is 0 Å². The first kappa shape index (κ1) is 13.5. The molecule has 6 heteroatoms. The zero-order chi connectivity index (χ0) is 11.1. The van der Waals surface area contributed by atoms with Gasteiger partial charge >= 0.3 is 29.6 Å². The van der Waals surface area contributed by atoms with Crippen molar-refractivity contribution < 1.29 is 13.0 Å². The molecular weight excluding hydrogens is 237 g/mol. The molecular formula is C10H10NNaO3S. The SMILES string of the molecule is Nc1ccc2ccccc2c1S(=O)(=O)O.[NaH]. The number of benzene rings is 2. The van der Waals surface area contributed by atoms with Crippen LogP contribution in [0, 0.1) is 0 Å². The van der Waals surface area contributed by atoms with E-state index in [0.717, 1.165) is 5.39 Å². The summed E-state index contributed by atoms with van der Waals surface area (Å²) in [6, 6.07) is 10.0. The van der Waals surface area contributed by atoms with E-state index in [0.29, 0.717) is 5.39 Å². The van der Waals surface area contributed by atoms with Gasteiger partial charge in [-0.15, -0.1) is 0 Å². The molecule has 0 aliphatic rings. The van der Waals surface area contributed by atoms with Crippen LogP contribution in [0.3, 0.4) is 0 Å². The van der Waals surface area contributed by atoms with Gasteiger partial charge in [-0.2, -0.15) is 8.42 Å². The summed E-state index contributed by atoms with van der Waals surface area (Å²) in [6.45, 7) is 0. The Morgan fingerprint density at radius 3 is 2.31 bits per heavy atom. The average molecular weight is 247 g/mol. The van der Waals surface area contributed by atoms with Gasteiger partial charge in [-0.25, -0.2) is 0 Å². The van der Waals surface area contributed by atoms with Crippen molar-refractivity contribution >= 4 is 56.1 Å². The molecule has 3 N–H and O–H groups in total. The maximum atomic E-state index is 11.1. The maximum absolute atomic E-state index is 11.1. The van der Waals surface area contributed by atoms with Crippen LogP contribution in [-0.2, 0) is 10.1 Å². The molecule has 0 spiro atoms. The van der Waals surface area contributed by atoms with Crippen molar-refractivity contribution in [2.75, 3.05) is 5.73 Å².